The number of nitrogens with zero attached hydrogens (tertiary/aromatic N) is 4. The Labute approximate surface area is 195 Å². The lowest BCUT2D eigenvalue weighted by molar-refractivity contribution is 0.612. The molecule has 1 aliphatic rings. The fourth-order valence-electron chi connectivity index (χ4n) is 3.31. The van der Waals surface area contributed by atoms with Crippen molar-refractivity contribution in [2.75, 3.05) is 42.9 Å². The molecule has 30 heavy (non-hydrogen) atoms. The van der Waals surface area contributed by atoms with Crippen molar-refractivity contribution in [3.05, 3.63) is 48.5 Å². The second-order valence-corrected chi connectivity index (χ2v) is 6.99. The zero-order chi connectivity index (χ0) is 20.3. The van der Waals surface area contributed by atoms with Crippen LogP contribution in [0.25, 0.3) is 0 Å². The van der Waals surface area contributed by atoms with Crippen LogP contribution in [0.15, 0.2) is 47.7 Å². The highest BCUT2D eigenvalue weighted by Crippen LogP contribution is 2.20. The van der Waals surface area contributed by atoms with Gasteiger partial charge in [0.25, 0.3) is 0 Å². The van der Waals surface area contributed by atoms with Gasteiger partial charge in [0.1, 0.15) is 5.82 Å². The number of guanidine groups is 1. The van der Waals surface area contributed by atoms with Crippen molar-refractivity contribution in [3.63, 3.8) is 0 Å². The first-order valence-electron chi connectivity index (χ1n) is 10.3. The minimum absolute atomic E-state index is 0. The number of hydrogen-bond donors (Lipinski definition) is 3. The predicted molar refractivity (Wildman–Crippen MR) is 131 cm³/mol. The van der Waals surface area contributed by atoms with E-state index in [4.69, 9.17) is 0 Å². The summed E-state index contributed by atoms with van der Waals surface area (Å²) in [5.41, 5.74) is 0. The molecule has 0 saturated carbocycles. The first-order valence-corrected chi connectivity index (χ1v) is 10.3. The molecule has 7 nitrogen and oxygen atoms in total. The summed E-state index contributed by atoms with van der Waals surface area (Å²) in [7, 11) is 0. The van der Waals surface area contributed by atoms with E-state index < -0.39 is 0 Å². The monoisotopic (exact) mass is 527 g/mol. The molecular weight excluding hydrogens is 496 g/mol. The van der Waals surface area contributed by atoms with E-state index in [1.807, 2.05) is 23.1 Å². The fraction of sp³-hybridized carbons (Fsp3) is 0.476. The van der Waals surface area contributed by atoms with E-state index >= 15 is 0 Å². The number of halogens is 2. The zero-order valence-corrected chi connectivity index (χ0v) is 19.7. The van der Waals surface area contributed by atoms with Gasteiger partial charge in [-0.25, -0.2) is 14.4 Å². The topological polar surface area (TPSA) is 77.5 Å². The van der Waals surface area contributed by atoms with Crippen molar-refractivity contribution in [1.29, 1.82) is 0 Å². The van der Waals surface area contributed by atoms with Crippen LogP contribution >= 0.6 is 24.0 Å². The van der Waals surface area contributed by atoms with Crippen molar-refractivity contribution in [3.8, 4) is 0 Å². The third-order valence-electron chi connectivity index (χ3n) is 4.74. The number of nitrogens with one attached hydrogen (secondary N) is 3. The Hall–Kier alpha value is -2.17. The molecule has 0 spiro atoms. The van der Waals surface area contributed by atoms with Gasteiger partial charge in [0.15, 0.2) is 17.6 Å². The summed E-state index contributed by atoms with van der Waals surface area (Å²) in [4.78, 5) is 15.1. The van der Waals surface area contributed by atoms with Crippen molar-refractivity contribution < 1.29 is 4.39 Å². The third kappa shape index (κ3) is 7.58. The molecule has 2 aromatic heterocycles. The quantitative estimate of drug-likeness (QED) is 0.201. The van der Waals surface area contributed by atoms with Crippen LogP contribution in [-0.2, 0) is 0 Å². The summed E-state index contributed by atoms with van der Waals surface area (Å²) in [6, 6.07) is 9.14. The Morgan fingerprint density at radius 1 is 1.20 bits per heavy atom. The molecule has 3 N–H and O–H groups in total. The van der Waals surface area contributed by atoms with E-state index in [1.54, 1.807) is 18.5 Å². The molecule has 0 radical (unpaired) electrons. The van der Waals surface area contributed by atoms with E-state index in [-0.39, 0.29) is 35.8 Å². The molecule has 1 unspecified atom stereocenters. The Morgan fingerprint density at radius 3 is 2.83 bits per heavy atom. The molecule has 0 bridgehead atoms. The third-order valence-corrected chi connectivity index (χ3v) is 4.74. The van der Waals surface area contributed by atoms with Crippen LogP contribution in [0.3, 0.4) is 0 Å². The van der Waals surface area contributed by atoms with Gasteiger partial charge in [0, 0.05) is 51.2 Å². The van der Waals surface area contributed by atoms with Gasteiger partial charge in [-0.2, -0.15) is 0 Å². The molecule has 0 aliphatic carbocycles. The van der Waals surface area contributed by atoms with Crippen LogP contribution in [0.5, 0.6) is 0 Å². The zero-order valence-electron chi connectivity index (χ0n) is 17.4. The lowest BCUT2D eigenvalue weighted by Gasteiger charge is -2.20. The van der Waals surface area contributed by atoms with E-state index in [0.29, 0.717) is 12.4 Å². The normalized spacial score (nSPS) is 16.1. The Morgan fingerprint density at radius 2 is 2.07 bits per heavy atom. The van der Waals surface area contributed by atoms with Crippen molar-refractivity contribution >= 4 is 41.6 Å². The van der Waals surface area contributed by atoms with Gasteiger partial charge in [-0.05, 0) is 50.5 Å². The number of hydrogen-bond acceptors (Lipinski definition) is 5. The lowest BCUT2D eigenvalue weighted by Crippen LogP contribution is -2.44. The largest absolute Gasteiger partial charge is 0.370 e. The average Bonchev–Trinajstić information content (AvgIpc) is 3.20. The molecule has 9 heteroatoms. The van der Waals surface area contributed by atoms with Gasteiger partial charge in [-0.15, -0.1) is 24.0 Å². The summed E-state index contributed by atoms with van der Waals surface area (Å²) in [6.07, 6.45) is 6.36. The second kappa shape index (κ2) is 13.2. The molecule has 164 valence electrons. The van der Waals surface area contributed by atoms with Crippen molar-refractivity contribution in [1.82, 2.24) is 20.6 Å². The molecular formula is C21H31FIN7. The van der Waals surface area contributed by atoms with E-state index in [9.17, 15) is 4.39 Å². The molecule has 1 fully saturated rings. The maximum absolute atomic E-state index is 14.0. The molecule has 1 atom stereocenters. The van der Waals surface area contributed by atoms with Crippen molar-refractivity contribution in [2.45, 2.75) is 32.2 Å². The minimum Gasteiger partial charge on any atom is -0.370 e. The molecule has 1 aliphatic heterocycles. The number of aliphatic imine (C=N–C) groups is 1. The van der Waals surface area contributed by atoms with Gasteiger partial charge in [0.05, 0.1) is 0 Å². The number of rotatable bonds is 9. The highest BCUT2D eigenvalue weighted by Gasteiger charge is 2.25. The van der Waals surface area contributed by atoms with Gasteiger partial charge in [-0.3, -0.25) is 4.99 Å². The van der Waals surface area contributed by atoms with Crippen LogP contribution in [0, 0.1) is 5.82 Å². The maximum atomic E-state index is 14.0. The van der Waals surface area contributed by atoms with E-state index in [0.717, 1.165) is 57.2 Å². The SMILES string of the molecule is CCNC(=NCCCCNc1ccccn1)NC1CCN(c2ncccc2F)C1.I. The molecule has 1 saturated heterocycles. The summed E-state index contributed by atoms with van der Waals surface area (Å²) in [5.74, 6) is 1.88. The Balaban J connectivity index is 0.00000320. The molecule has 2 aromatic rings. The number of unbranched alkanes of at least 4 members (excludes halogenated alkanes) is 1. The molecule has 3 rings (SSSR count). The van der Waals surface area contributed by atoms with Crippen LogP contribution < -0.4 is 20.9 Å². The minimum atomic E-state index is -0.270. The number of anilines is 2. The van der Waals surface area contributed by atoms with E-state index in [1.165, 1.54) is 6.07 Å². The highest BCUT2D eigenvalue weighted by molar-refractivity contribution is 14.0. The molecule has 0 amide bonds. The van der Waals surface area contributed by atoms with Gasteiger partial charge in [0.2, 0.25) is 0 Å². The summed E-state index contributed by atoms with van der Waals surface area (Å²) in [6.45, 7) is 5.99. The van der Waals surface area contributed by atoms with Gasteiger partial charge < -0.3 is 20.9 Å². The first-order chi connectivity index (χ1) is 14.3. The number of aromatic nitrogens is 2. The summed E-state index contributed by atoms with van der Waals surface area (Å²) >= 11 is 0. The fourth-order valence-corrected chi connectivity index (χ4v) is 3.31. The first kappa shape index (κ1) is 24.1. The Kier molecular flexibility index (Phi) is 10.6. The second-order valence-electron chi connectivity index (χ2n) is 6.99. The summed E-state index contributed by atoms with van der Waals surface area (Å²) in [5, 5.41) is 10.1. The average molecular weight is 527 g/mol. The van der Waals surface area contributed by atoms with E-state index in [2.05, 4.69) is 37.8 Å². The maximum Gasteiger partial charge on any atom is 0.191 e. The van der Waals surface area contributed by atoms with Gasteiger partial charge in [-0.1, -0.05) is 6.07 Å². The van der Waals surface area contributed by atoms with Crippen LogP contribution in [-0.4, -0.2) is 54.7 Å². The standard InChI is InChI=1S/C21H30FN7.HI/c1-2-23-21(27-13-6-5-12-25-19-9-3-4-11-24-19)28-17-10-15-29(16-17)20-18(22)8-7-14-26-20;/h3-4,7-9,11,14,17H,2,5-6,10,12-13,15-16H2,1H3,(H,24,25)(H2,23,27,28);1H. The van der Waals surface area contributed by atoms with Crippen molar-refractivity contribution in [2.24, 2.45) is 4.99 Å². The van der Waals surface area contributed by atoms with Gasteiger partial charge >= 0.3 is 0 Å². The highest BCUT2D eigenvalue weighted by atomic mass is 127. The molecule has 3 heterocycles. The summed E-state index contributed by atoms with van der Waals surface area (Å²) < 4.78 is 14.0. The predicted octanol–water partition coefficient (Wildman–Crippen LogP) is 3.26. The smallest absolute Gasteiger partial charge is 0.191 e. The molecule has 0 aromatic carbocycles. The van der Waals surface area contributed by atoms with Crippen LogP contribution in [0.2, 0.25) is 0 Å². The Bertz CT molecular complexity index is 775. The van der Waals surface area contributed by atoms with Crippen LogP contribution in [0.4, 0.5) is 16.0 Å². The number of pyridine rings is 2. The lowest BCUT2D eigenvalue weighted by atomic mass is 10.3. The van der Waals surface area contributed by atoms with Crippen LogP contribution in [0.1, 0.15) is 26.2 Å².